The van der Waals surface area contributed by atoms with Crippen LogP contribution in [0.4, 0.5) is 5.82 Å². The van der Waals surface area contributed by atoms with Crippen molar-refractivity contribution in [2.45, 2.75) is 11.4 Å². The highest BCUT2D eigenvalue weighted by molar-refractivity contribution is 6.22. The lowest BCUT2D eigenvalue weighted by Crippen LogP contribution is -2.36. The number of alkyl halides is 1. The highest BCUT2D eigenvalue weighted by atomic mass is 35.5. The topological polar surface area (TPSA) is 85.3 Å². The second-order valence-corrected chi connectivity index (χ2v) is 7.40. The number of ether oxygens (including phenoxy) is 1. The Morgan fingerprint density at radius 2 is 2.23 bits per heavy atom. The molecule has 3 aromatic rings. The van der Waals surface area contributed by atoms with Gasteiger partial charge in [-0.15, -0.1) is 16.6 Å². The molecule has 0 spiro atoms. The van der Waals surface area contributed by atoms with Crippen molar-refractivity contribution in [3.63, 3.8) is 0 Å². The Hall–Kier alpha value is -3.67. The summed E-state index contributed by atoms with van der Waals surface area (Å²) in [5.74, 6) is 4.05. The molecule has 2 aromatic heterocycles. The standard InChI is InChI=1S/C22H16ClN5O2/c1-30-15-6-8-19(24-12-15)26-21(29)14-5-7-17-18(11-14)28-10-9-13-3-2-4-16(23)20(13)27-22(28)25-17/h2-9,11-12,16,20H,1H3,(H-,24,25,26,27,29)/p+1. The number of amides is 1. The third kappa shape index (κ3) is 3.20. The van der Waals surface area contributed by atoms with E-state index >= 15 is 0 Å². The zero-order valence-electron chi connectivity index (χ0n) is 16.0. The van der Waals surface area contributed by atoms with Gasteiger partial charge in [0.1, 0.15) is 17.1 Å². The molecule has 0 fully saturated rings. The Balaban J connectivity index is 1.54. The van der Waals surface area contributed by atoms with Gasteiger partial charge in [-0.25, -0.2) is 9.97 Å². The van der Waals surface area contributed by atoms with Crippen molar-refractivity contribution in [2.24, 2.45) is 4.99 Å². The highest BCUT2D eigenvalue weighted by Crippen LogP contribution is 2.22. The number of nitrogens with zero attached hydrogens (tertiary/aromatic N) is 3. The first-order valence-corrected chi connectivity index (χ1v) is 9.78. The fourth-order valence-corrected chi connectivity index (χ4v) is 3.73. The molecular weight excluding hydrogens is 402 g/mol. The number of benzene rings is 1. The number of rotatable bonds is 3. The third-order valence-corrected chi connectivity index (χ3v) is 5.41. The molecule has 0 radical (unpaired) electrons. The third-order valence-electron chi connectivity index (χ3n) is 5.02. The number of aromatic amines is 1. The quantitative estimate of drug-likeness (QED) is 0.506. The van der Waals surface area contributed by atoms with E-state index in [1.807, 2.05) is 30.4 Å². The van der Waals surface area contributed by atoms with Crippen molar-refractivity contribution < 1.29 is 13.8 Å². The maximum Gasteiger partial charge on any atom is 0.405 e. The number of allylic oxidation sites excluding steroid dienone is 2. The van der Waals surface area contributed by atoms with E-state index in [1.165, 1.54) is 0 Å². The predicted octanol–water partition coefficient (Wildman–Crippen LogP) is 2.38. The number of carbonyl (C=O) groups excluding carboxylic acids is 1. The minimum atomic E-state index is -0.263. The normalized spacial score (nSPS) is 19.1. The number of hydrogen-bond acceptors (Lipinski definition) is 4. The lowest BCUT2D eigenvalue weighted by Gasteiger charge is -2.14. The van der Waals surface area contributed by atoms with Gasteiger partial charge in [-0.05, 0) is 30.3 Å². The summed E-state index contributed by atoms with van der Waals surface area (Å²) in [7, 11) is 1.56. The van der Waals surface area contributed by atoms with E-state index in [1.54, 1.807) is 41.8 Å². The summed E-state index contributed by atoms with van der Waals surface area (Å²) in [5.41, 5.74) is 3.75. The Kier molecular flexibility index (Phi) is 4.47. The van der Waals surface area contributed by atoms with E-state index in [9.17, 15) is 4.79 Å². The smallest absolute Gasteiger partial charge is 0.405 e. The highest BCUT2D eigenvalue weighted by Gasteiger charge is 2.27. The van der Waals surface area contributed by atoms with Crippen LogP contribution in [-0.4, -0.2) is 34.4 Å². The van der Waals surface area contributed by atoms with Crippen molar-refractivity contribution in [1.29, 1.82) is 0 Å². The Labute approximate surface area is 176 Å². The second-order valence-electron chi connectivity index (χ2n) is 6.90. The van der Waals surface area contributed by atoms with Gasteiger partial charge in [-0.3, -0.25) is 4.79 Å². The SMILES string of the molecule is COc1ccc(NC(=O)c2ccc3[nH]c4[n+](c3c2)=C=CC2=CC=CC(Cl)C2N=4)nc1. The zero-order chi connectivity index (χ0) is 20.7. The molecule has 148 valence electrons. The number of nitrogens with one attached hydrogen (secondary N) is 2. The van der Waals surface area contributed by atoms with Crippen LogP contribution in [0.2, 0.25) is 0 Å². The first-order chi connectivity index (χ1) is 14.6. The van der Waals surface area contributed by atoms with E-state index in [-0.39, 0.29) is 17.3 Å². The molecule has 5 rings (SSSR count). The fourth-order valence-electron chi connectivity index (χ4n) is 3.45. The summed E-state index contributed by atoms with van der Waals surface area (Å²) in [5, 5.41) is 2.57. The molecule has 7 nitrogen and oxygen atoms in total. The Bertz CT molecular complexity index is 1380. The number of anilines is 1. The van der Waals surface area contributed by atoms with Gasteiger partial charge in [0.25, 0.3) is 5.91 Å². The molecule has 30 heavy (non-hydrogen) atoms. The minimum Gasteiger partial charge on any atom is -0.495 e. The number of fused-ring (bicyclic) bond motifs is 4. The molecule has 2 aliphatic rings. The molecule has 2 N–H and O–H groups in total. The van der Waals surface area contributed by atoms with Crippen LogP contribution >= 0.6 is 11.6 Å². The van der Waals surface area contributed by atoms with Gasteiger partial charge in [-0.1, -0.05) is 18.2 Å². The molecule has 1 amide bonds. The predicted molar refractivity (Wildman–Crippen MR) is 112 cm³/mol. The Morgan fingerprint density at radius 3 is 3.03 bits per heavy atom. The van der Waals surface area contributed by atoms with Crippen LogP contribution in [0.5, 0.6) is 5.75 Å². The van der Waals surface area contributed by atoms with E-state index < -0.39 is 0 Å². The second kappa shape index (κ2) is 7.30. The van der Waals surface area contributed by atoms with E-state index in [2.05, 4.69) is 21.2 Å². The van der Waals surface area contributed by atoms with Gasteiger partial charge in [0, 0.05) is 23.1 Å². The summed E-state index contributed by atoms with van der Waals surface area (Å²) >= 11 is 6.43. The maximum absolute atomic E-state index is 12.7. The Morgan fingerprint density at radius 1 is 1.33 bits per heavy atom. The van der Waals surface area contributed by atoms with Crippen molar-refractivity contribution in [2.75, 3.05) is 12.4 Å². The summed E-state index contributed by atoms with van der Waals surface area (Å²) in [6.07, 6.45) is 9.26. The molecule has 2 atom stereocenters. The van der Waals surface area contributed by atoms with Gasteiger partial charge in [-0.2, -0.15) is 4.24 Å². The van der Waals surface area contributed by atoms with Crippen molar-refractivity contribution >= 4 is 34.4 Å². The number of pyridine rings is 1. The van der Waals surface area contributed by atoms with Crippen LogP contribution in [0.3, 0.4) is 0 Å². The van der Waals surface area contributed by atoms with Gasteiger partial charge in [0.2, 0.25) is 0 Å². The average molecular weight is 419 g/mol. The first-order valence-electron chi connectivity index (χ1n) is 9.34. The molecular formula is C22H17ClN5O2+. The number of imidazole rings is 1. The van der Waals surface area contributed by atoms with Gasteiger partial charge < -0.3 is 10.1 Å². The molecule has 2 unspecified atom stereocenters. The monoisotopic (exact) mass is 418 g/mol. The lowest BCUT2D eigenvalue weighted by atomic mass is 9.99. The summed E-state index contributed by atoms with van der Waals surface area (Å²) in [6.45, 7) is 0. The number of halogens is 1. The summed E-state index contributed by atoms with van der Waals surface area (Å²) in [6, 6.07) is 8.63. The lowest BCUT2D eigenvalue weighted by molar-refractivity contribution is -0.492. The average Bonchev–Trinajstić information content (AvgIpc) is 2.99. The van der Waals surface area contributed by atoms with Crippen LogP contribution < -0.4 is 19.9 Å². The zero-order valence-corrected chi connectivity index (χ0v) is 16.7. The van der Waals surface area contributed by atoms with E-state index in [0.717, 1.165) is 16.6 Å². The van der Waals surface area contributed by atoms with Crippen LogP contribution in [0.25, 0.3) is 11.0 Å². The van der Waals surface area contributed by atoms with E-state index in [4.69, 9.17) is 21.3 Å². The molecule has 3 heterocycles. The number of H-pyrrole nitrogens is 1. The van der Waals surface area contributed by atoms with Crippen molar-refractivity contribution in [3.8, 4) is 5.75 Å². The van der Waals surface area contributed by atoms with Crippen molar-refractivity contribution in [3.05, 3.63) is 83.5 Å². The molecule has 0 saturated heterocycles. The van der Waals surface area contributed by atoms with Gasteiger partial charge in [0.15, 0.2) is 11.6 Å². The molecule has 0 bridgehead atoms. The van der Waals surface area contributed by atoms with Crippen LogP contribution in [-0.2, 0) is 0 Å². The van der Waals surface area contributed by atoms with Crippen LogP contribution in [0.15, 0.2) is 71.4 Å². The molecule has 8 heteroatoms. The summed E-state index contributed by atoms with van der Waals surface area (Å²) in [4.78, 5) is 25.0. The molecule has 1 aliphatic heterocycles. The van der Waals surface area contributed by atoms with E-state index in [0.29, 0.717) is 22.7 Å². The largest absolute Gasteiger partial charge is 0.495 e. The van der Waals surface area contributed by atoms with Crippen molar-refractivity contribution in [1.82, 2.24) is 9.97 Å². The number of methoxy groups -OCH3 is 1. The first kappa shape index (κ1) is 18.4. The number of aromatic nitrogens is 3. The fraction of sp³-hybridized carbons (Fsp3) is 0.136. The maximum atomic E-state index is 12.7. The van der Waals surface area contributed by atoms with Crippen LogP contribution in [0.1, 0.15) is 10.4 Å². The van der Waals surface area contributed by atoms with Gasteiger partial charge >= 0.3 is 5.62 Å². The summed E-state index contributed by atoms with van der Waals surface area (Å²) < 4.78 is 6.89. The molecule has 0 saturated carbocycles. The number of hydrogen-bond donors (Lipinski definition) is 2. The molecule has 1 aromatic carbocycles. The number of carbonyl (C=O) groups is 1. The van der Waals surface area contributed by atoms with Crippen LogP contribution in [0, 0.1) is 5.87 Å². The molecule has 1 aliphatic carbocycles. The minimum absolute atomic E-state index is 0.185. The van der Waals surface area contributed by atoms with Gasteiger partial charge in [0.05, 0.1) is 18.7 Å².